The van der Waals surface area contributed by atoms with Gasteiger partial charge in [0.25, 0.3) is 0 Å². The average Bonchev–Trinajstić information content (AvgIpc) is 2.58. The Hall–Kier alpha value is -1.98. The number of likely N-dealkylation sites (tertiary alicyclic amines) is 1. The van der Waals surface area contributed by atoms with Crippen molar-refractivity contribution >= 4 is 17.5 Å². The number of aromatic nitrogens is 1. The van der Waals surface area contributed by atoms with Crippen LogP contribution in [-0.4, -0.2) is 34.0 Å². The van der Waals surface area contributed by atoms with Gasteiger partial charge in [0.2, 0.25) is 11.9 Å². The molecular formula is C18H18ClFN2O2. The second-order valence-electron chi connectivity index (χ2n) is 6.02. The number of piperidine rings is 1. The Labute approximate surface area is 144 Å². The topological polar surface area (TPSA) is 53.4 Å². The van der Waals surface area contributed by atoms with Crippen molar-refractivity contribution in [3.63, 3.8) is 0 Å². The van der Waals surface area contributed by atoms with E-state index < -0.39 is 11.5 Å². The molecule has 3 rings (SSSR count). The van der Waals surface area contributed by atoms with Crippen LogP contribution >= 0.6 is 11.6 Å². The van der Waals surface area contributed by atoms with Crippen molar-refractivity contribution in [2.24, 2.45) is 0 Å². The Morgan fingerprint density at radius 1 is 1.25 bits per heavy atom. The Morgan fingerprint density at radius 3 is 2.62 bits per heavy atom. The summed E-state index contributed by atoms with van der Waals surface area (Å²) in [5.74, 6) is -0.701. The second kappa shape index (κ2) is 6.87. The van der Waals surface area contributed by atoms with Gasteiger partial charge in [-0.1, -0.05) is 35.9 Å². The lowest BCUT2D eigenvalue weighted by Gasteiger charge is -2.38. The summed E-state index contributed by atoms with van der Waals surface area (Å²) < 4.78 is 13.8. The first-order valence-corrected chi connectivity index (χ1v) is 8.22. The van der Waals surface area contributed by atoms with Gasteiger partial charge in [-0.15, -0.1) is 0 Å². The largest absolute Gasteiger partial charge is 0.385 e. The van der Waals surface area contributed by atoms with Gasteiger partial charge in [0, 0.05) is 29.9 Å². The quantitative estimate of drug-likeness (QED) is 0.868. The third kappa shape index (κ3) is 3.42. The maximum atomic E-state index is 13.8. The zero-order valence-electron chi connectivity index (χ0n) is 13.1. The first-order valence-electron chi connectivity index (χ1n) is 7.84. The highest BCUT2D eigenvalue weighted by molar-refractivity contribution is 6.31. The van der Waals surface area contributed by atoms with Gasteiger partial charge in [0.15, 0.2) is 0 Å². The molecule has 0 unspecified atom stereocenters. The molecule has 1 fully saturated rings. The summed E-state index contributed by atoms with van der Waals surface area (Å²) in [5, 5.41) is 11.3. The van der Waals surface area contributed by atoms with Crippen LogP contribution < -0.4 is 0 Å². The zero-order valence-corrected chi connectivity index (χ0v) is 13.8. The number of halogens is 2. The van der Waals surface area contributed by atoms with Crippen LogP contribution in [0.3, 0.4) is 0 Å². The summed E-state index contributed by atoms with van der Waals surface area (Å²) in [4.78, 5) is 17.7. The first kappa shape index (κ1) is 16.9. The summed E-state index contributed by atoms with van der Waals surface area (Å²) in [6.45, 7) is 0.738. The monoisotopic (exact) mass is 348 g/mol. The lowest BCUT2D eigenvalue weighted by molar-refractivity contribution is -0.135. The summed E-state index contributed by atoms with van der Waals surface area (Å²) >= 11 is 6.09. The van der Waals surface area contributed by atoms with E-state index >= 15 is 0 Å². The van der Waals surface area contributed by atoms with Crippen molar-refractivity contribution in [1.29, 1.82) is 0 Å². The fourth-order valence-electron chi connectivity index (χ4n) is 3.05. The molecule has 0 bridgehead atoms. The molecule has 2 heterocycles. The van der Waals surface area contributed by atoms with Crippen LogP contribution in [0.25, 0.3) is 0 Å². The SMILES string of the molecule is O=C(Cc1ccccc1Cl)N1CCC(O)(c2cccnc2F)CC1. The predicted octanol–water partition coefficient (Wildman–Crippen LogP) is 2.93. The molecule has 6 heteroatoms. The van der Waals surface area contributed by atoms with Crippen LogP contribution in [0.2, 0.25) is 5.02 Å². The Bertz CT molecular complexity index is 745. The summed E-state index contributed by atoms with van der Waals surface area (Å²) in [5.41, 5.74) is -0.300. The lowest BCUT2D eigenvalue weighted by Crippen LogP contribution is -2.46. The third-order valence-electron chi connectivity index (χ3n) is 4.50. The van der Waals surface area contributed by atoms with E-state index in [-0.39, 0.29) is 30.7 Å². The molecule has 1 N–H and O–H groups in total. The van der Waals surface area contributed by atoms with Crippen molar-refractivity contribution in [2.45, 2.75) is 24.9 Å². The number of rotatable bonds is 3. The van der Waals surface area contributed by atoms with Crippen molar-refractivity contribution in [3.8, 4) is 0 Å². The molecule has 4 nitrogen and oxygen atoms in total. The number of benzene rings is 1. The number of pyridine rings is 1. The van der Waals surface area contributed by atoms with Gasteiger partial charge in [-0.25, -0.2) is 4.98 Å². The molecule has 24 heavy (non-hydrogen) atoms. The Balaban J connectivity index is 1.66. The molecular weight excluding hydrogens is 331 g/mol. The number of nitrogens with zero attached hydrogens (tertiary/aromatic N) is 2. The standard InChI is InChI=1S/C18H18ClFN2O2/c19-15-6-2-1-4-13(15)12-16(23)22-10-7-18(24,8-11-22)14-5-3-9-21-17(14)20/h1-6,9,24H,7-8,10-12H2. The van der Waals surface area contributed by atoms with E-state index in [0.717, 1.165) is 5.56 Å². The van der Waals surface area contributed by atoms with Gasteiger partial charge in [-0.2, -0.15) is 4.39 Å². The van der Waals surface area contributed by atoms with Crippen LogP contribution in [0.4, 0.5) is 4.39 Å². The third-order valence-corrected chi connectivity index (χ3v) is 4.87. The fourth-order valence-corrected chi connectivity index (χ4v) is 3.25. The van der Waals surface area contributed by atoms with Gasteiger partial charge in [-0.3, -0.25) is 4.79 Å². The molecule has 126 valence electrons. The number of amides is 1. The molecule has 1 saturated heterocycles. The number of carbonyl (C=O) groups is 1. The van der Waals surface area contributed by atoms with Gasteiger partial charge < -0.3 is 10.0 Å². The molecule has 0 spiro atoms. The summed E-state index contributed by atoms with van der Waals surface area (Å²) in [6.07, 6.45) is 2.14. The van der Waals surface area contributed by atoms with E-state index in [2.05, 4.69) is 4.98 Å². The lowest BCUT2D eigenvalue weighted by atomic mass is 9.85. The Kier molecular flexibility index (Phi) is 4.83. The molecule has 0 radical (unpaired) electrons. The molecule has 2 aromatic rings. The zero-order chi connectivity index (χ0) is 17.2. The van der Waals surface area contributed by atoms with Crippen LogP contribution in [0.15, 0.2) is 42.6 Å². The molecule has 1 amide bonds. The first-order chi connectivity index (χ1) is 11.5. The van der Waals surface area contributed by atoms with Crippen molar-refractivity contribution in [1.82, 2.24) is 9.88 Å². The van der Waals surface area contributed by atoms with E-state index in [9.17, 15) is 14.3 Å². The smallest absolute Gasteiger partial charge is 0.227 e. The molecule has 1 aliphatic rings. The molecule has 1 aromatic carbocycles. The predicted molar refractivity (Wildman–Crippen MR) is 89.1 cm³/mol. The highest BCUT2D eigenvalue weighted by atomic mass is 35.5. The molecule has 1 aliphatic heterocycles. The van der Waals surface area contributed by atoms with Crippen LogP contribution in [-0.2, 0) is 16.8 Å². The van der Waals surface area contributed by atoms with E-state index in [1.54, 1.807) is 23.1 Å². The minimum absolute atomic E-state index is 0.0446. The number of carbonyl (C=O) groups excluding carboxylic acids is 1. The average molecular weight is 349 g/mol. The van der Waals surface area contributed by atoms with Gasteiger partial charge in [0.05, 0.1) is 12.0 Å². The minimum Gasteiger partial charge on any atom is -0.385 e. The van der Waals surface area contributed by atoms with Crippen LogP contribution in [0.1, 0.15) is 24.0 Å². The van der Waals surface area contributed by atoms with Crippen molar-refractivity contribution in [2.75, 3.05) is 13.1 Å². The molecule has 0 saturated carbocycles. The van der Waals surface area contributed by atoms with Gasteiger partial charge >= 0.3 is 0 Å². The number of hydrogen-bond acceptors (Lipinski definition) is 3. The van der Waals surface area contributed by atoms with Crippen LogP contribution in [0.5, 0.6) is 0 Å². The van der Waals surface area contributed by atoms with E-state index in [0.29, 0.717) is 18.1 Å². The van der Waals surface area contributed by atoms with Crippen molar-refractivity contribution < 1.29 is 14.3 Å². The molecule has 1 aromatic heterocycles. The van der Waals surface area contributed by atoms with E-state index in [1.807, 2.05) is 18.2 Å². The maximum absolute atomic E-state index is 13.8. The molecule has 0 atom stereocenters. The normalized spacial score (nSPS) is 16.9. The van der Waals surface area contributed by atoms with Gasteiger partial charge in [0.1, 0.15) is 0 Å². The van der Waals surface area contributed by atoms with E-state index in [4.69, 9.17) is 11.6 Å². The van der Waals surface area contributed by atoms with Crippen LogP contribution in [0, 0.1) is 5.95 Å². The summed E-state index contributed by atoms with van der Waals surface area (Å²) in [7, 11) is 0. The minimum atomic E-state index is -1.28. The maximum Gasteiger partial charge on any atom is 0.227 e. The van der Waals surface area contributed by atoms with E-state index in [1.165, 1.54) is 6.20 Å². The highest BCUT2D eigenvalue weighted by Crippen LogP contribution is 2.34. The summed E-state index contributed by atoms with van der Waals surface area (Å²) in [6, 6.07) is 10.4. The fraction of sp³-hybridized carbons (Fsp3) is 0.333. The number of aliphatic hydroxyl groups is 1. The second-order valence-corrected chi connectivity index (χ2v) is 6.43. The highest BCUT2D eigenvalue weighted by Gasteiger charge is 2.37. The Morgan fingerprint density at radius 2 is 1.96 bits per heavy atom. The van der Waals surface area contributed by atoms with Crippen molar-refractivity contribution in [3.05, 3.63) is 64.7 Å². The molecule has 0 aliphatic carbocycles. The number of hydrogen-bond donors (Lipinski definition) is 1. The van der Waals surface area contributed by atoms with Gasteiger partial charge in [-0.05, 0) is 30.5 Å².